The number of aryl methyl sites for hydroxylation is 2. The quantitative estimate of drug-likeness (QED) is 0.423. The Hall–Kier alpha value is -1.64. The molecular weight excluding hydrogens is 370 g/mol. The number of aromatic nitrogens is 2. The second-order valence-corrected chi connectivity index (χ2v) is 8.14. The SMILES string of the molecule is C=CCNC(=O)CSc1nc2sc3c(c2c(=O)n1CCOC)CCCC3. The average molecular weight is 394 g/mol. The monoisotopic (exact) mass is 393 g/mol. The van der Waals surface area contributed by atoms with Crippen LogP contribution in [-0.2, 0) is 28.9 Å². The fourth-order valence-electron chi connectivity index (χ4n) is 3.08. The molecule has 0 fully saturated rings. The van der Waals surface area contributed by atoms with Crippen LogP contribution in [0.1, 0.15) is 23.3 Å². The molecule has 0 unspecified atom stereocenters. The molecule has 3 rings (SSSR count). The van der Waals surface area contributed by atoms with Gasteiger partial charge in [0.25, 0.3) is 5.56 Å². The van der Waals surface area contributed by atoms with Gasteiger partial charge in [0.2, 0.25) is 5.91 Å². The topological polar surface area (TPSA) is 73.2 Å². The molecule has 1 aliphatic carbocycles. The summed E-state index contributed by atoms with van der Waals surface area (Å²) in [4.78, 5) is 31.9. The van der Waals surface area contributed by atoms with Gasteiger partial charge >= 0.3 is 0 Å². The Balaban J connectivity index is 1.96. The lowest BCUT2D eigenvalue weighted by atomic mass is 9.97. The van der Waals surface area contributed by atoms with E-state index >= 15 is 0 Å². The van der Waals surface area contributed by atoms with Crippen LogP contribution in [0.25, 0.3) is 10.2 Å². The number of hydrogen-bond donors (Lipinski definition) is 1. The number of amides is 1. The van der Waals surface area contributed by atoms with Crippen LogP contribution < -0.4 is 10.9 Å². The molecule has 1 aliphatic rings. The third-order valence-electron chi connectivity index (χ3n) is 4.33. The van der Waals surface area contributed by atoms with E-state index in [9.17, 15) is 9.59 Å². The third-order valence-corrected chi connectivity index (χ3v) is 6.50. The Labute approximate surface area is 160 Å². The number of nitrogens with zero attached hydrogens (tertiary/aromatic N) is 2. The van der Waals surface area contributed by atoms with Crippen molar-refractivity contribution in [2.45, 2.75) is 37.4 Å². The van der Waals surface area contributed by atoms with Gasteiger partial charge in [-0.3, -0.25) is 14.2 Å². The molecule has 8 heteroatoms. The second kappa shape index (κ2) is 8.83. The maximum atomic E-state index is 13.2. The van der Waals surface area contributed by atoms with E-state index in [1.54, 1.807) is 29.1 Å². The highest BCUT2D eigenvalue weighted by molar-refractivity contribution is 7.99. The molecule has 0 aliphatic heterocycles. The van der Waals surface area contributed by atoms with Gasteiger partial charge in [-0.1, -0.05) is 17.8 Å². The predicted octanol–water partition coefficient (Wildman–Crippen LogP) is 2.38. The van der Waals surface area contributed by atoms with Crippen molar-refractivity contribution in [1.29, 1.82) is 0 Å². The van der Waals surface area contributed by atoms with E-state index in [4.69, 9.17) is 9.72 Å². The zero-order chi connectivity index (χ0) is 18.5. The van der Waals surface area contributed by atoms with E-state index in [2.05, 4.69) is 11.9 Å². The lowest BCUT2D eigenvalue weighted by molar-refractivity contribution is -0.118. The maximum absolute atomic E-state index is 13.2. The summed E-state index contributed by atoms with van der Waals surface area (Å²) in [5, 5.41) is 4.08. The van der Waals surface area contributed by atoms with Gasteiger partial charge in [0.05, 0.1) is 24.3 Å². The molecule has 2 heterocycles. The minimum atomic E-state index is -0.104. The van der Waals surface area contributed by atoms with Crippen LogP contribution in [0.2, 0.25) is 0 Å². The first-order chi connectivity index (χ1) is 12.7. The van der Waals surface area contributed by atoms with Gasteiger partial charge in [-0.25, -0.2) is 4.98 Å². The Morgan fingerprint density at radius 2 is 2.27 bits per heavy atom. The van der Waals surface area contributed by atoms with Gasteiger partial charge in [0, 0.05) is 18.5 Å². The van der Waals surface area contributed by atoms with Crippen molar-refractivity contribution >= 4 is 39.2 Å². The number of thiophene rings is 1. The zero-order valence-corrected chi connectivity index (χ0v) is 16.5. The predicted molar refractivity (Wildman–Crippen MR) is 106 cm³/mol. The zero-order valence-electron chi connectivity index (χ0n) is 14.9. The van der Waals surface area contributed by atoms with Crippen LogP contribution in [-0.4, -0.2) is 41.5 Å². The Bertz CT molecular complexity index is 873. The number of methoxy groups -OCH3 is 1. The lowest BCUT2D eigenvalue weighted by Crippen LogP contribution is -2.28. The molecule has 0 saturated heterocycles. The normalized spacial score (nSPS) is 13.6. The van der Waals surface area contributed by atoms with Gasteiger partial charge in [-0.05, 0) is 31.2 Å². The summed E-state index contributed by atoms with van der Waals surface area (Å²) in [6.07, 6.45) is 5.91. The molecule has 1 N–H and O–H groups in total. The largest absolute Gasteiger partial charge is 0.383 e. The van der Waals surface area contributed by atoms with Gasteiger partial charge in [-0.15, -0.1) is 17.9 Å². The molecule has 0 saturated carbocycles. The highest BCUT2D eigenvalue weighted by atomic mass is 32.2. The van der Waals surface area contributed by atoms with Gasteiger partial charge in [0.1, 0.15) is 4.83 Å². The highest BCUT2D eigenvalue weighted by Gasteiger charge is 2.22. The van der Waals surface area contributed by atoms with Crippen LogP contribution in [0.3, 0.4) is 0 Å². The number of fused-ring (bicyclic) bond motifs is 3. The smallest absolute Gasteiger partial charge is 0.263 e. The maximum Gasteiger partial charge on any atom is 0.263 e. The number of nitrogens with one attached hydrogen (secondary N) is 1. The van der Waals surface area contributed by atoms with Crippen LogP contribution in [0.4, 0.5) is 0 Å². The Kier molecular flexibility index (Phi) is 6.50. The van der Waals surface area contributed by atoms with E-state index in [1.807, 2.05) is 0 Å². The van der Waals surface area contributed by atoms with E-state index in [0.29, 0.717) is 24.9 Å². The number of thioether (sulfide) groups is 1. The molecule has 0 bridgehead atoms. The summed E-state index contributed by atoms with van der Waals surface area (Å²) in [5.41, 5.74) is 1.17. The molecule has 0 spiro atoms. The standard InChI is InChI=1S/C18H23N3O3S2/c1-3-8-19-14(22)11-25-18-20-16-15(17(23)21(18)9-10-24-2)12-6-4-5-7-13(12)26-16/h3H,1,4-11H2,2H3,(H,19,22). The summed E-state index contributed by atoms with van der Waals surface area (Å²) in [7, 11) is 1.61. The van der Waals surface area contributed by atoms with Crippen molar-refractivity contribution in [3.63, 3.8) is 0 Å². The minimum Gasteiger partial charge on any atom is -0.383 e. The summed E-state index contributed by atoms with van der Waals surface area (Å²) in [5.74, 6) is 0.108. The first kappa shape index (κ1) is 19.1. The van der Waals surface area contributed by atoms with Gasteiger partial charge in [-0.2, -0.15) is 0 Å². The molecule has 2 aromatic heterocycles. The first-order valence-electron chi connectivity index (χ1n) is 8.70. The molecule has 0 radical (unpaired) electrons. The van der Waals surface area contributed by atoms with E-state index in [1.165, 1.54) is 28.6 Å². The third kappa shape index (κ3) is 4.02. The van der Waals surface area contributed by atoms with E-state index in [0.717, 1.165) is 29.5 Å². The molecule has 0 aromatic carbocycles. The highest BCUT2D eigenvalue weighted by Crippen LogP contribution is 2.34. The van der Waals surface area contributed by atoms with Crippen molar-refractivity contribution in [3.8, 4) is 0 Å². The summed E-state index contributed by atoms with van der Waals surface area (Å²) < 4.78 is 6.81. The van der Waals surface area contributed by atoms with Crippen LogP contribution >= 0.6 is 23.1 Å². The van der Waals surface area contributed by atoms with Crippen LogP contribution in [0, 0.1) is 0 Å². The molecule has 2 aromatic rings. The van der Waals surface area contributed by atoms with Crippen molar-refractivity contribution in [1.82, 2.24) is 14.9 Å². The molecule has 26 heavy (non-hydrogen) atoms. The fourth-order valence-corrected chi connectivity index (χ4v) is 5.23. The second-order valence-electron chi connectivity index (χ2n) is 6.12. The van der Waals surface area contributed by atoms with Gasteiger partial charge in [0.15, 0.2) is 5.16 Å². The molecule has 6 nitrogen and oxygen atoms in total. The summed E-state index contributed by atoms with van der Waals surface area (Å²) in [6.45, 7) is 4.87. The number of rotatable bonds is 8. The average Bonchev–Trinajstić information content (AvgIpc) is 3.02. The van der Waals surface area contributed by atoms with Crippen molar-refractivity contribution in [2.75, 3.05) is 26.0 Å². The minimum absolute atomic E-state index is 0.0135. The Morgan fingerprint density at radius 3 is 3.04 bits per heavy atom. The van der Waals surface area contributed by atoms with E-state index < -0.39 is 0 Å². The van der Waals surface area contributed by atoms with Crippen molar-refractivity contribution in [3.05, 3.63) is 33.4 Å². The number of carbonyl (C=O) groups excluding carboxylic acids is 1. The van der Waals surface area contributed by atoms with Crippen molar-refractivity contribution in [2.24, 2.45) is 0 Å². The molecule has 140 valence electrons. The van der Waals surface area contributed by atoms with Crippen LogP contribution in [0.5, 0.6) is 0 Å². The summed E-state index contributed by atoms with van der Waals surface area (Å²) >= 11 is 2.91. The lowest BCUT2D eigenvalue weighted by Gasteiger charge is -2.13. The number of hydrogen-bond acceptors (Lipinski definition) is 6. The van der Waals surface area contributed by atoms with E-state index in [-0.39, 0.29) is 17.2 Å². The fraction of sp³-hybridized carbons (Fsp3) is 0.500. The van der Waals surface area contributed by atoms with Crippen molar-refractivity contribution < 1.29 is 9.53 Å². The number of ether oxygens (including phenoxy) is 1. The Morgan fingerprint density at radius 1 is 1.46 bits per heavy atom. The van der Waals surface area contributed by atoms with Gasteiger partial charge < -0.3 is 10.1 Å². The molecule has 1 amide bonds. The summed E-state index contributed by atoms with van der Waals surface area (Å²) in [6, 6.07) is 0. The molecular formula is C18H23N3O3S2. The van der Waals surface area contributed by atoms with Crippen LogP contribution in [0.15, 0.2) is 22.6 Å². The number of carbonyl (C=O) groups is 1. The molecule has 0 atom stereocenters. The first-order valence-corrected chi connectivity index (χ1v) is 10.5.